The lowest BCUT2D eigenvalue weighted by Crippen LogP contribution is -2.39. The minimum Gasteiger partial charge on any atom is -0.357 e. The molecule has 1 unspecified atom stereocenters. The first-order valence-electron chi connectivity index (χ1n) is 11.3. The third kappa shape index (κ3) is 8.41. The second-order valence-corrected chi connectivity index (χ2v) is 8.19. The summed E-state index contributed by atoms with van der Waals surface area (Å²) in [7, 11) is 0. The van der Waals surface area contributed by atoms with E-state index in [4.69, 9.17) is 4.99 Å². The number of benzene rings is 1. The van der Waals surface area contributed by atoms with Crippen LogP contribution >= 0.6 is 24.0 Å². The molecular formula is C23H38IN5O. The summed E-state index contributed by atoms with van der Waals surface area (Å²) in [5.74, 6) is 1.46. The van der Waals surface area contributed by atoms with Gasteiger partial charge in [0.2, 0.25) is 5.91 Å². The molecule has 6 nitrogen and oxygen atoms in total. The molecule has 168 valence electrons. The molecule has 2 aliphatic heterocycles. The Labute approximate surface area is 198 Å². The molecule has 1 aromatic rings. The number of aliphatic imine (C=N–C) groups is 1. The third-order valence-corrected chi connectivity index (χ3v) is 5.80. The molecule has 1 aromatic carbocycles. The highest BCUT2D eigenvalue weighted by Gasteiger charge is 2.29. The number of carbonyl (C=O) groups excluding carboxylic acids is 1. The van der Waals surface area contributed by atoms with E-state index in [1.807, 2.05) is 11.0 Å². The zero-order chi connectivity index (χ0) is 20.3. The van der Waals surface area contributed by atoms with Crippen molar-refractivity contribution >= 4 is 35.8 Å². The van der Waals surface area contributed by atoms with Crippen LogP contribution in [0.2, 0.25) is 0 Å². The van der Waals surface area contributed by atoms with Crippen molar-refractivity contribution in [1.82, 2.24) is 20.4 Å². The van der Waals surface area contributed by atoms with Crippen LogP contribution in [0.15, 0.2) is 35.3 Å². The smallest absolute Gasteiger partial charge is 0.223 e. The van der Waals surface area contributed by atoms with Gasteiger partial charge in [-0.25, -0.2) is 0 Å². The van der Waals surface area contributed by atoms with Gasteiger partial charge in [0.25, 0.3) is 0 Å². The number of carbonyl (C=O) groups is 1. The number of hydrogen-bond donors (Lipinski definition) is 2. The number of nitrogens with zero attached hydrogens (tertiary/aromatic N) is 3. The summed E-state index contributed by atoms with van der Waals surface area (Å²) in [5, 5.41) is 6.78. The molecule has 0 saturated carbocycles. The molecule has 0 aliphatic carbocycles. The third-order valence-electron chi connectivity index (χ3n) is 5.80. The zero-order valence-corrected chi connectivity index (χ0v) is 20.6. The molecule has 2 fully saturated rings. The van der Waals surface area contributed by atoms with Crippen molar-refractivity contribution in [2.45, 2.75) is 39.0 Å². The molecule has 1 amide bonds. The van der Waals surface area contributed by atoms with Gasteiger partial charge in [-0.1, -0.05) is 30.3 Å². The second kappa shape index (κ2) is 13.9. The molecule has 1 atom stereocenters. The number of nitrogens with one attached hydrogen (secondary N) is 2. The number of rotatable bonds is 10. The Balaban J connectivity index is 0.00000320. The van der Waals surface area contributed by atoms with Crippen LogP contribution in [0.4, 0.5) is 0 Å². The predicted octanol–water partition coefficient (Wildman–Crippen LogP) is 2.74. The molecule has 2 aliphatic rings. The molecule has 2 heterocycles. The van der Waals surface area contributed by atoms with E-state index in [2.05, 4.69) is 46.7 Å². The standard InChI is InChI=1S/C23H37N5O.HI/c1-2-24-23(25-12-8-15-27-13-6-7-14-27)26-18-21-17-22(29)28(19-21)16-11-20-9-4-3-5-10-20;/h3-5,9-10,21H,2,6-8,11-19H2,1H3,(H2,24,25,26);1H. The predicted molar refractivity (Wildman–Crippen MR) is 135 cm³/mol. The first kappa shape index (κ1) is 24.9. The summed E-state index contributed by atoms with van der Waals surface area (Å²) in [6, 6.07) is 10.4. The highest BCUT2D eigenvalue weighted by atomic mass is 127. The van der Waals surface area contributed by atoms with Crippen LogP contribution in [0.25, 0.3) is 0 Å². The molecule has 2 N–H and O–H groups in total. The van der Waals surface area contributed by atoms with Crippen LogP contribution in [0.3, 0.4) is 0 Å². The van der Waals surface area contributed by atoms with Crippen molar-refractivity contribution in [1.29, 1.82) is 0 Å². The molecule has 2 saturated heterocycles. The van der Waals surface area contributed by atoms with Crippen LogP contribution in [-0.2, 0) is 11.2 Å². The van der Waals surface area contributed by atoms with Crippen LogP contribution < -0.4 is 10.6 Å². The lowest BCUT2D eigenvalue weighted by Gasteiger charge is -2.17. The first-order valence-corrected chi connectivity index (χ1v) is 11.3. The van der Waals surface area contributed by atoms with Gasteiger partial charge in [0, 0.05) is 45.1 Å². The van der Waals surface area contributed by atoms with Gasteiger partial charge in [-0.05, 0) is 57.8 Å². The summed E-state index contributed by atoms with van der Waals surface area (Å²) in [5.41, 5.74) is 1.29. The van der Waals surface area contributed by atoms with E-state index in [0.29, 0.717) is 18.9 Å². The fourth-order valence-corrected chi connectivity index (χ4v) is 4.18. The lowest BCUT2D eigenvalue weighted by molar-refractivity contribution is -0.127. The Morgan fingerprint density at radius 3 is 2.63 bits per heavy atom. The molecule has 0 radical (unpaired) electrons. The van der Waals surface area contributed by atoms with Gasteiger partial charge in [-0.2, -0.15) is 0 Å². The van der Waals surface area contributed by atoms with Crippen molar-refractivity contribution in [3.05, 3.63) is 35.9 Å². The average Bonchev–Trinajstić information content (AvgIpc) is 3.38. The highest BCUT2D eigenvalue weighted by molar-refractivity contribution is 14.0. The van der Waals surface area contributed by atoms with Crippen LogP contribution in [0.1, 0.15) is 38.2 Å². The molecule has 0 aromatic heterocycles. The lowest BCUT2D eigenvalue weighted by atomic mass is 10.1. The van der Waals surface area contributed by atoms with Crippen LogP contribution in [0, 0.1) is 5.92 Å². The van der Waals surface area contributed by atoms with Gasteiger partial charge in [0.05, 0.1) is 0 Å². The van der Waals surface area contributed by atoms with Crippen molar-refractivity contribution in [2.75, 3.05) is 52.4 Å². The maximum atomic E-state index is 12.4. The Hall–Kier alpha value is -1.35. The summed E-state index contributed by atoms with van der Waals surface area (Å²) in [4.78, 5) is 21.7. The summed E-state index contributed by atoms with van der Waals surface area (Å²) in [6.45, 7) is 9.89. The topological polar surface area (TPSA) is 60.0 Å². The molecule has 30 heavy (non-hydrogen) atoms. The maximum absolute atomic E-state index is 12.4. The van der Waals surface area contributed by atoms with E-state index in [9.17, 15) is 4.79 Å². The number of guanidine groups is 1. The minimum absolute atomic E-state index is 0. The monoisotopic (exact) mass is 527 g/mol. The summed E-state index contributed by atoms with van der Waals surface area (Å²) in [6.07, 6.45) is 5.37. The molecule has 0 spiro atoms. The van der Waals surface area contributed by atoms with E-state index in [-0.39, 0.29) is 29.9 Å². The summed E-state index contributed by atoms with van der Waals surface area (Å²) >= 11 is 0. The Morgan fingerprint density at radius 2 is 1.90 bits per heavy atom. The molecule has 3 rings (SSSR count). The van der Waals surface area contributed by atoms with Crippen LogP contribution in [-0.4, -0.2) is 74.0 Å². The van der Waals surface area contributed by atoms with Crippen LogP contribution in [0.5, 0.6) is 0 Å². The molecule has 0 bridgehead atoms. The van der Waals surface area contributed by atoms with Gasteiger partial charge < -0.3 is 20.4 Å². The highest BCUT2D eigenvalue weighted by Crippen LogP contribution is 2.18. The van der Waals surface area contributed by atoms with E-state index >= 15 is 0 Å². The maximum Gasteiger partial charge on any atom is 0.223 e. The van der Waals surface area contributed by atoms with Crippen molar-refractivity contribution in [3.63, 3.8) is 0 Å². The van der Waals surface area contributed by atoms with Gasteiger partial charge in [0.15, 0.2) is 5.96 Å². The quantitative estimate of drug-likeness (QED) is 0.213. The fraction of sp³-hybridized carbons (Fsp3) is 0.652. The number of hydrogen-bond acceptors (Lipinski definition) is 3. The number of halogens is 1. The van der Waals surface area contributed by atoms with Gasteiger partial charge in [0.1, 0.15) is 0 Å². The zero-order valence-electron chi connectivity index (χ0n) is 18.3. The average molecular weight is 527 g/mol. The van der Waals surface area contributed by atoms with E-state index < -0.39 is 0 Å². The van der Waals surface area contributed by atoms with Gasteiger partial charge in [-0.3, -0.25) is 9.79 Å². The fourth-order valence-electron chi connectivity index (χ4n) is 4.18. The first-order chi connectivity index (χ1) is 14.2. The molecular weight excluding hydrogens is 489 g/mol. The number of likely N-dealkylation sites (tertiary alicyclic amines) is 2. The second-order valence-electron chi connectivity index (χ2n) is 8.19. The Bertz CT molecular complexity index is 648. The Kier molecular flexibility index (Phi) is 11.5. The normalized spacial score (nSPS) is 19.8. The summed E-state index contributed by atoms with van der Waals surface area (Å²) < 4.78 is 0. The minimum atomic E-state index is 0. The van der Waals surface area contributed by atoms with Crippen molar-refractivity contribution < 1.29 is 4.79 Å². The molecule has 7 heteroatoms. The van der Waals surface area contributed by atoms with Crippen molar-refractivity contribution in [3.8, 4) is 0 Å². The SMILES string of the molecule is CCNC(=NCC1CC(=O)N(CCc2ccccc2)C1)NCCCN1CCCC1.I. The van der Waals surface area contributed by atoms with E-state index in [1.54, 1.807) is 0 Å². The van der Waals surface area contributed by atoms with Crippen molar-refractivity contribution in [2.24, 2.45) is 10.9 Å². The van der Waals surface area contributed by atoms with Gasteiger partial charge >= 0.3 is 0 Å². The van der Waals surface area contributed by atoms with E-state index in [1.165, 1.54) is 38.0 Å². The largest absolute Gasteiger partial charge is 0.357 e. The van der Waals surface area contributed by atoms with Gasteiger partial charge in [-0.15, -0.1) is 24.0 Å². The van der Waals surface area contributed by atoms with E-state index in [0.717, 1.165) is 45.0 Å². The Morgan fingerprint density at radius 1 is 1.13 bits per heavy atom. The number of amides is 1.